The van der Waals surface area contributed by atoms with E-state index < -0.39 is 0 Å². The fourth-order valence-corrected chi connectivity index (χ4v) is 4.27. The summed E-state index contributed by atoms with van der Waals surface area (Å²) in [7, 11) is 3.75. The first-order valence-electron chi connectivity index (χ1n) is 10.2. The molecule has 4 heteroatoms. The first kappa shape index (κ1) is 19.9. The van der Waals surface area contributed by atoms with Gasteiger partial charge in [-0.2, -0.15) is 0 Å². The molecule has 30 heavy (non-hydrogen) atoms. The summed E-state index contributed by atoms with van der Waals surface area (Å²) >= 11 is 0. The third-order valence-electron chi connectivity index (χ3n) is 5.54. The highest BCUT2D eigenvalue weighted by Gasteiger charge is 2.17. The van der Waals surface area contributed by atoms with Crippen LogP contribution in [-0.4, -0.2) is 24.4 Å². The van der Waals surface area contributed by atoms with E-state index in [9.17, 15) is 0 Å². The molecule has 0 saturated carbocycles. The van der Waals surface area contributed by atoms with E-state index in [4.69, 9.17) is 9.84 Å². The minimum atomic E-state index is 0.685. The van der Waals surface area contributed by atoms with Crippen molar-refractivity contribution in [2.45, 2.75) is 27.3 Å². The number of methoxy groups -OCH3 is 1. The van der Waals surface area contributed by atoms with E-state index in [0.717, 1.165) is 33.6 Å². The largest absolute Gasteiger partial charge is 0.496 e. The summed E-state index contributed by atoms with van der Waals surface area (Å²) in [5, 5.41) is 11.6. The molecule has 0 aliphatic heterocycles. The zero-order chi connectivity index (χ0) is 21.3. The molecule has 0 radical (unpaired) electrons. The molecule has 0 aliphatic carbocycles. The van der Waals surface area contributed by atoms with E-state index in [-0.39, 0.29) is 0 Å². The van der Waals surface area contributed by atoms with Crippen LogP contribution in [0.2, 0.25) is 0 Å². The monoisotopic (exact) mass is 397 g/mol. The van der Waals surface area contributed by atoms with Crippen LogP contribution in [0.25, 0.3) is 22.0 Å². The number of hydrogen-bond acceptors (Lipinski definition) is 4. The Hall–Kier alpha value is -3.40. The van der Waals surface area contributed by atoms with Crippen molar-refractivity contribution >= 4 is 16.6 Å². The van der Waals surface area contributed by atoms with Crippen molar-refractivity contribution in [3.63, 3.8) is 0 Å². The molecular formula is C26H27N3O. The van der Waals surface area contributed by atoms with Crippen molar-refractivity contribution in [3.05, 3.63) is 82.9 Å². The van der Waals surface area contributed by atoms with Gasteiger partial charge in [0, 0.05) is 35.5 Å². The van der Waals surface area contributed by atoms with Crippen LogP contribution in [0.4, 0.5) is 5.82 Å². The van der Waals surface area contributed by atoms with Gasteiger partial charge in [-0.25, -0.2) is 0 Å². The number of benzene rings is 3. The average molecular weight is 398 g/mol. The number of para-hydroxylation sites is 1. The van der Waals surface area contributed by atoms with Gasteiger partial charge in [0.25, 0.3) is 0 Å². The lowest BCUT2D eigenvalue weighted by atomic mass is 9.94. The van der Waals surface area contributed by atoms with Crippen LogP contribution in [0.15, 0.2) is 60.7 Å². The van der Waals surface area contributed by atoms with Gasteiger partial charge in [0.1, 0.15) is 11.4 Å². The maximum atomic E-state index is 5.52. The van der Waals surface area contributed by atoms with Gasteiger partial charge in [-0.15, -0.1) is 10.2 Å². The fourth-order valence-electron chi connectivity index (χ4n) is 4.27. The van der Waals surface area contributed by atoms with Gasteiger partial charge in [-0.3, -0.25) is 0 Å². The second-order valence-electron chi connectivity index (χ2n) is 7.86. The van der Waals surface area contributed by atoms with Gasteiger partial charge in [-0.05, 0) is 38.0 Å². The smallest absolute Gasteiger partial charge is 0.159 e. The minimum Gasteiger partial charge on any atom is -0.496 e. The highest BCUT2D eigenvalue weighted by Crippen LogP contribution is 2.35. The van der Waals surface area contributed by atoms with Crippen molar-refractivity contribution < 1.29 is 4.74 Å². The van der Waals surface area contributed by atoms with E-state index in [0.29, 0.717) is 6.54 Å². The van der Waals surface area contributed by atoms with Crippen LogP contribution in [0, 0.1) is 20.8 Å². The van der Waals surface area contributed by atoms with Crippen LogP contribution in [-0.2, 0) is 6.54 Å². The normalized spacial score (nSPS) is 11.0. The Morgan fingerprint density at radius 1 is 0.833 bits per heavy atom. The highest BCUT2D eigenvalue weighted by atomic mass is 16.5. The molecule has 1 aromatic heterocycles. The number of nitrogens with zero attached hydrogens (tertiary/aromatic N) is 3. The molecule has 0 N–H and O–H groups in total. The summed E-state index contributed by atoms with van der Waals surface area (Å²) in [5.41, 5.74) is 6.93. The number of rotatable bonds is 5. The molecule has 4 nitrogen and oxygen atoms in total. The van der Waals surface area contributed by atoms with Gasteiger partial charge in [0.2, 0.25) is 0 Å². The summed E-state index contributed by atoms with van der Waals surface area (Å²) in [4.78, 5) is 2.13. The molecule has 0 aliphatic rings. The molecule has 0 unspecified atom stereocenters. The average Bonchev–Trinajstić information content (AvgIpc) is 2.73. The molecule has 3 aromatic carbocycles. The van der Waals surface area contributed by atoms with Gasteiger partial charge in [0.15, 0.2) is 5.82 Å². The quantitative estimate of drug-likeness (QED) is 0.422. The van der Waals surface area contributed by atoms with E-state index >= 15 is 0 Å². The van der Waals surface area contributed by atoms with Gasteiger partial charge in [-0.1, -0.05) is 60.2 Å². The van der Waals surface area contributed by atoms with E-state index in [1.165, 1.54) is 22.3 Å². The third-order valence-corrected chi connectivity index (χ3v) is 5.54. The molecule has 4 rings (SSSR count). The van der Waals surface area contributed by atoms with Crippen LogP contribution < -0.4 is 9.64 Å². The van der Waals surface area contributed by atoms with Crippen LogP contribution in [0.3, 0.4) is 0 Å². The lowest BCUT2D eigenvalue weighted by Gasteiger charge is -2.22. The number of ether oxygens (including phenoxy) is 1. The van der Waals surface area contributed by atoms with Crippen LogP contribution in [0.5, 0.6) is 5.75 Å². The van der Waals surface area contributed by atoms with Gasteiger partial charge >= 0.3 is 0 Å². The minimum absolute atomic E-state index is 0.685. The summed E-state index contributed by atoms with van der Waals surface area (Å²) in [5.74, 6) is 1.74. The molecule has 0 fully saturated rings. The molecule has 0 atom stereocenters. The Bertz CT molecular complexity index is 1190. The van der Waals surface area contributed by atoms with Crippen LogP contribution >= 0.6 is 0 Å². The Labute approximate surface area is 178 Å². The second kappa shape index (κ2) is 8.15. The molecule has 0 saturated heterocycles. The maximum absolute atomic E-state index is 5.52. The number of anilines is 1. The third kappa shape index (κ3) is 3.61. The highest BCUT2D eigenvalue weighted by molar-refractivity contribution is 6.01. The van der Waals surface area contributed by atoms with E-state index in [2.05, 4.69) is 73.2 Å². The van der Waals surface area contributed by atoms with Crippen molar-refractivity contribution in [3.8, 4) is 17.0 Å². The Morgan fingerprint density at radius 2 is 1.47 bits per heavy atom. The maximum Gasteiger partial charge on any atom is 0.159 e. The van der Waals surface area contributed by atoms with E-state index in [1.54, 1.807) is 7.11 Å². The Kier molecular flexibility index (Phi) is 5.40. The predicted molar refractivity (Wildman–Crippen MR) is 124 cm³/mol. The number of hydrogen-bond donors (Lipinski definition) is 0. The predicted octanol–water partition coefficient (Wildman–Crippen LogP) is 5.87. The van der Waals surface area contributed by atoms with Gasteiger partial charge in [0.05, 0.1) is 7.11 Å². The fraction of sp³-hybridized carbons (Fsp3) is 0.231. The Morgan fingerprint density at radius 3 is 2.17 bits per heavy atom. The molecule has 0 bridgehead atoms. The summed E-state index contributed by atoms with van der Waals surface area (Å²) < 4.78 is 5.52. The van der Waals surface area contributed by atoms with Crippen molar-refractivity contribution in [1.29, 1.82) is 0 Å². The second-order valence-corrected chi connectivity index (χ2v) is 7.86. The Balaban J connectivity index is 1.82. The molecule has 4 aromatic rings. The van der Waals surface area contributed by atoms with Crippen molar-refractivity contribution in [2.75, 3.05) is 19.1 Å². The lowest BCUT2D eigenvalue weighted by molar-refractivity contribution is 0.409. The van der Waals surface area contributed by atoms with Crippen molar-refractivity contribution in [2.24, 2.45) is 0 Å². The molecule has 0 amide bonds. The molecular weight excluding hydrogens is 370 g/mol. The topological polar surface area (TPSA) is 38.2 Å². The molecule has 0 spiro atoms. The number of aryl methyl sites for hydroxylation is 3. The summed E-state index contributed by atoms with van der Waals surface area (Å²) in [6.07, 6.45) is 0. The standard InChI is InChI=1S/C26H27N3O/c1-17-14-18(2)24(19(3)15-17)25-21-11-7-8-12-22(21)26(28-27-25)29(4)16-20-10-6-9-13-23(20)30-5/h6-15H,16H2,1-5H3. The first-order valence-corrected chi connectivity index (χ1v) is 10.2. The van der Waals surface area contributed by atoms with Crippen molar-refractivity contribution in [1.82, 2.24) is 10.2 Å². The lowest BCUT2D eigenvalue weighted by Crippen LogP contribution is -2.19. The SMILES string of the molecule is COc1ccccc1CN(C)c1nnc(-c2c(C)cc(C)cc2C)c2ccccc12. The summed E-state index contributed by atoms with van der Waals surface area (Å²) in [6, 6.07) is 20.9. The number of fused-ring (bicyclic) bond motifs is 1. The zero-order valence-corrected chi connectivity index (χ0v) is 18.2. The number of aromatic nitrogens is 2. The zero-order valence-electron chi connectivity index (χ0n) is 18.2. The first-order chi connectivity index (χ1) is 14.5. The molecule has 152 valence electrons. The van der Waals surface area contributed by atoms with Gasteiger partial charge < -0.3 is 9.64 Å². The van der Waals surface area contributed by atoms with E-state index in [1.807, 2.05) is 25.2 Å². The molecule has 1 heterocycles. The van der Waals surface area contributed by atoms with Crippen LogP contribution in [0.1, 0.15) is 22.3 Å². The summed E-state index contributed by atoms with van der Waals surface area (Å²) in [6.45, 7) is 7.11.